The van der Waals surface area contributed by atoms with E-state index < -0.39 is 6.61 Å². The van der Waals surface area contributed by atoms with Crippen LogP contribution < -0.4 is 24.3 Å². The summed E-state index contributed by atoms with van der Waals surface area (Å²) in [6.07, 6.45) is 2.91. The van der Waals surface area contributed by atoms with Crippen LogP contribution in [0.3, 0.4) is 0 Å². The van der Waals surface area contributed by atoms with Crippen LogP contribution in [-0.2, 0) is 4.79 Å². The molecule has 0 atom stereocenters. The van der Waals surface area contributed by atoms with E-state index in [9.17, 15) is 18.4 Å². The van der Waals surface area contributed by atoms with Gasteiger partial charge >= 0.3 is 6.61 Å². The predicted octanol–water partition coefficient (Wildman–Crippen LogP) is 5.92. The summed E-state index contributed by atoms with van der Waals surface area (Å²) in [5.74, 6) is -0.0398. The minimum absolute atomic E-state index is 0.0195. The molecule has 9 heteroatoms. The molecule has 1 amide bonds. The van der Waals surface area contributed by atoms with Crippen molar-refractivity contribution in [1.29, 1.82) is 0 Å². The van der Waals surface area contributed by atoms with E-state index in [4.69, 9.17) is 14.2 Å². The molecule has 0 saturated carbocycles. The molecule has 37 heavy (non-hydrogen) atoms. The maximum Gasteiger partial charge on any atom is 0.387 e. The number of hydrogen-bond donors (Lipinski definition) is 1. The minimum Gasteiger partial charge on any atom is -0.493 e. The monoisotopic (exact) mass is 511 g/mol. The largest absolute Gasteiger partial charge is 0.493 e. The van der Waals surface area contributed by atoms with Gasteiger partial charge in [0.1, 0.15) is 0 Å². The SMILES string of the molecule is CCOc1cc(/C=C/C(=O)c2ccc(OC(F)F)c(OC)c2)ccc1OCC(=O)Nc1ccc(C)cc1. The van der Waals surface area contributed by atoms with Crippen molar-refractivity contribution in [1.82, 2.24) is 0 Å². The molecule has 0 unspecified atom stereocenters. The summed E-state index contributed by atoms with van der Waals surface area (Å²) < 4.78 is 45.7. The normalized spacial score (nSPS) is 10.9. The number of ketones is 1. The summed E-state index contributed by atoms with van der Waals surface area (Å²) >= 11 is 0. The lowest BCUT2D eigenvalue weighted by Gasteiger charge is -2.13. The van der Waals surface area contributed by atoms with Gasteiger partial charge in [0.2, 0.25) is 0 Å². The quantitative estimate of drug-likeness (QED) is 0.240. The Morgan fingerprint density at radius 2 is 1.65 bits per heavy atom. The Labute approximate surface area is 213 Å². The molecular weight excluding hydrogens is 484 g/mol. The van der Waals surface area contributed by atoms with Gasteiger partial charge in [-0.05, 0) is 68.0 Å². The van der Waals surface area contributed by atoms with Crippen LogP contribution in [0.1, 0.15) is 28.4 Å². The molecule has 0 fully saturated rings. The fourth-order valence-electron chi connectivity index (χ4n) is 3.28. The molecule has 0 aliphatic heterocycles. The van der Waals surface area contributed by atoms with Crippen LogP contribution in [0.5, 0.6) is 23.0 Å². The average Bonchev–Trinajstić information content (AvgIpc) is 2.88. The number of carbonyl (C=O) groups is 2. The van der Waals surface area contributed by atoms with E-state index in [-0.39, 0.29) is 35.4 Å². The van der Waals surface area contributed by atoms with Gasteiger partial charge in [0, 0.05) is 11.3 Å². The summed E-state index contributed by atoms with van der Waals surface area (Å²) in [6, 6.07) is 16.4. The first kappa shape index (κ1) is 27.2. The number of nitrogens with one attached hydrogen (secondary N) is 1. The number of allylic oxidation sites excluding steroid dienone is 1. The van der Waals surface area contributed by atoms with Crippen molar-refractivity contribution < 1.29 is 37.3 Å². The van der Waals surface area contributed by atoms with Crippen LogP contribution in [0.4, 0.5) is 14.5 Å². The van der Waals surface area contributed by atoms with Crippen LogP contribution in [-0.4, -0.2) is 38.6 Å². The highest BCUT2D eigenvalue weighted by molar-refractivity contribution is 6.07. The van der Waals surface area contributed by atoms with Crippen LogP contribution in [0.25, 0.3) is 6.08 Å². The van der Waals surface area contributed by atoms with Crippen molar-refractivity contribution in [3.8, 4) is 23.0 Å². The number of anilines is 1. The molecule has 0 radical (unpaired) electrons. The minimum atomic E-state index is -3.01. The lowest BCUT2D eigenvalue weighted by Crippen LogP contribution is -2.20. The Kier molecular flexibility index (Phi) is 9.60. The maximum absolute atomic E-state index is 12.6. The Morgan fingerprint density at radius 1 is 0.919 bits per heavy atom. The predicted molar refractivity (Wildman–Crippen MR) is 136 cm³/mol. The molecule has 0 spiro atoms. The zero-order valence-electron chi connectivity index (χ0n) is 20.6. The number of amides is 1. The summed E-state index contributed by atoms with van der Waals surface area (Å²) in [4.78, 5) is 24.9. The van der Waals surface area contributed by atoms with E-state index in [1.165, 1.54) is 31.4 Å². The first-order valence-corrected chi connectivity index (χ1v) is 11.4. The van der Waals surface area contributed by atoms with Gasteiger partial charge in [0.05, 0.1) is 13.7 Å². The standard InChI is InChI=1S/C28H27F2NO6/c1-4-35-26-15-19(7-12-22(32)20-9-14-24(37-28(29)30)25(16-20)34-3)8-13-23(26)36-17-27(33)31-21-10-5-18(2)6-11-21/h5-16,28H,4,17H2,1-3H3,(H,31,33)/b12-7+. The average molecular weight is 512 g/mol. The zero-order chi connectivity index (χ0) is 26.8. The molecule has 0 aliphatic rings. The van der Waals surface area contributed by atoms with Crippen molar-refractivity contribution in [2.75, 3.05) is 25.6 Å². The molecule has 0 aliphatic carbocycles. The first-order valence-electron chi connectivity index (χ1n) is 11.4. The molecule has 0 heterocycles. The summed E-state index contributed by atoms with van der Waals surface area (Å²) in [7, 11) is 1.29. The first-order chi connectivity index (χ1) is 17.8. The van der Waals surface area contributed by atoms with E-state index in [0.29, 0.717) is 29.4 Å². The number of aryl methyl sites for hydroxylation is 1. The van der Waals surface area contributed by atoms with Crippen LogP contribution in [0.2, 0.25) is 0 Å². The van der Waals surface area contributed by atoms with Gasteiger partial charge < -0.3 is 24.3 Å². The Hall–Kier alpha value is -4.40. The van der Waals surface area contributed by atoms with Crippen LogP contribution >= 0.6 is 0 Å². The van der Waals surface area contributed by atoms with E-state index in [2.05, 4.69) is 10.1 Å². The summed E-state index contributed by atoms with van der Waals surface area (Å²) in [6.45, 7) is 0.917. The van der Waals surface area contributed by atoms with Gasteiger partial charge in [0.25, 0.3) is 5.91 Å². The van der Waals surface area contributed by atoms with Crippen molar-refractivity contribution in [3.05, 3.63) is 83.4 Å². The Morgan fingerprint density at radius 3 is 2.32 bits per heavy atom. The third-order valence-electron chi connectivity index (χ3n) is 5.05. The highest BCUT2D eigenvalue weighted by Gasteiger charge is 2.14. The van der Waals surface area contributed by atoms with E-state index in [1.807, 2.05) is 38.1 Å². The van der Waals surface area contributed by atoms with E-state index in [1.54, 1.807) is 24.3 Å². The summed E-state index contributed by atoms with van der Waals surface area (Å²) in [5, 5.41) is 2.76. The third kappa shape index (κ3) is 8.06. The van der Waals surface area contributed by atoms with Gasteiger partial charge in [-0.3, -0.25) is 9.59 Å². The number of methoxy groups -OCH3 is 1. The number of halogens is 2. The summed E-state index contributed by atoms with van der Waals surface area (Å²) in [5.41, 5.74) is 2.64. The lowest BCUT2D eigenvalue weighted by atomic mass is 10.1. The molecule has 3 aromatic rings. The molecule has 3 aromatic carbocycles. The molecule has 1 N–H and O–H groups in total. The van der Waals surface area contributed by atoms with Gasteiger partial charge in [-0.2, -0.15) is 8.78 Å². The molecule has 0 saturated heterocycles. The van der Waals surface area contributed by atoms with E-state index in [0.717, 1.165) is 5.56 Å². The van der Waals surface area contributed by atoms with Crippen molar-refractivity contribution >= 4 is 23.5 Å². The van der Waals surface area contributed by atoms with E-state index >= 15 is 0 Å². The number of benzene rings is 3. The maximum atomic E-state index is 12.6. The van der Waals surface area contributed by atoms with Crippen LogP contribution in [0, 0.1) is 6.92 Å². The smallest absolute Gasteiger partial charge is 0.387 e. The van der Waals surface area contributed by atoms with Crippen molar-refractivity contribution in [2.24, 2.45) is 0 Å². The fraction of sp³-hybridized carbons (Fsp3) is 0.214. The second-order valence-electron chi connectivity index (χ2n) is 7.78. The van der Waals surface area contributed by atoms with Gasteiger partial charge in [-0.25, -0.2) is 0 Å². The lowest BCUT2D eigenvalue weighted by molar-refractivity contribution is -0.118. The highest BCUT2D eigenvalue weighted by Crippen LogP contribution is 2.31. The van der Waals surface area contributed by atoms with Crippen LogP contribution in [0.15, 0.2) is 66.7 Å². The van der Waals surface area contributed by atoms with Gasteiger partial charge in [-0.15, -0.1) is 0 Å². The second kappa shape index (κ2) is 13.1. The number of carbonyl (C=O) groups excluding carboxylic acids is 2. The molecular formula is C28H27F2NO6. The number of hydrogen-bond acceptors (Lipinski definition) is 6. The fourth-order valence-corrected chi connectivity index (χ4v) is 3.28. The topological polar surface area (TPSA) is 83.1 Å². The van der Waals surface area contributed by atoms with Gasteiger partial charge in [0.15, 0.2) is 35.4 Å². The molecule has 7 nitrogen and oxygen atoms in total. The Balaban J connectivity index is 1.67. The molecule has 3 rings (SSSR count). The Bertz CT molecular complexity index is 1260. The number of rotatable bonds is 12. The second-order valence-corrected chi connectivity index (χ2v) is 7.78. The number of alkyl halides is 2. The highest BCUT2D eigenvalue weighted by atomic mass is 19.3. The molecule has 194 valence electrons. The van der Waals surface area contributed by atoms with Crippen molar-refractivity contribution in [3.63, 3.8) is 0 Å². The zero-order valence-corrected chi connectivity index (χ0v) is 20.6. The molecule has 0 aromatic heterocycles. The van der Waals surface area contributed by atoms with Gasteiger partial charge in [-0.1, -0.05) is 29.8 Å². The molecule has 0 bridgehead atoms. The number of ether oxygens (including phenoxy) is 4. The third-order valence-corrected chi connectivity index (χ3v) is 5.05. The van der Waals surface area contributed by atoms with Crippen molar-refractivity contribution in [2.45, 2.75) is 20.5 Å².